The highest BCUT2D eigenvalue weighted by molar-refractivity contribution is 5.99. The van der Waals surface area contributed by atoms with Crippen LogP contribution in [0.3, 0.4) is 0 Å². The molecule has 5 heteroatoms. The second kappa shape index (κ2) is 8.62. The molecule has 0 heterocycles. The molecule has 0 fully saturated rings. The van der Waals surface area contributed by atoms with Gasteiger partial charge in [0.15, 0.2) is 12.4 Å². The number of Topliss-reactive ketones (excluding diaryl/α,β-unsaturated/α-hetero) is 1. The summed E-state index contributed by atoms with van der Waals surface area (Å²) in [4.78, 5) is 35.3. The largest absolute Gasteiger partial charge is 0.454 e. The summed E-state index contributed by atoms with van der Waals surface area (Å²) in [5.74, 6) is -0.769. The molecule has 1 aliphatic rings. The molecular weight excluding hydrogens is 342 g/mol. The zero-order chi connectivity index (χ0) is 19.2. The lowest BCUT2D eigenvalue weighted by Gasteiger charge is -2.07. The van der Waals surface area contributed by atoms with E-state index >= 15 is 0 Å². The number of hydrogen-bond donors (Lipinski definition) is 1. The third-order valence-corrected chi connectivity index (χ3v) is 4.73. The van der Waals surface area contributed by atoms with Crippen LogP contribution in [0.4, 0.5) is 0 Å². The smallest absolute Gasteiger partial charge is 0.338 e. The molecule has 0 aromatic heterocycles. The van der Waals surface area contributed by atoms with Crippen LogP contribution in [0.2, 0.25) is 0 Å². The minimum absolute atomic E-state index is 0.0630. The van der Waals surface area contributed by atoms with Crippen LogP contribution in [0, 0.1) is 0 Å². The Labute approximate surface area is 158 Å². The molecule has 2 aromatic rings. The Morgan fingerprint density at radius 2 is 1.67 bits per heavy atom. The number of benzene rings is 2. The summed E-state index contributed by atoms with van der Waals surface area (Å²) >= 11 is 0. The lowest BCUT2D eigenvalue weighted by atomic mass is 10.1. The predicted molar refractivity (Wildman–Crippen MR) is 102 cm³/mol. The molecule has 0 unspecified atom stereocenters. The number of carbonyl (C=O) groups is 3. The predicted octanol–water partition coefficient (Wildman–Crippen LogP) is 2.89. The minimum atomic E-state index is -0.468. The summed E-state index contributed by atoms with van der Waals surface area (Å²) in [6.07, 6.45) is 3.86. The van der Waals surface area contributed by atoms with Crippen molar-refractivity contribution in [3.05, 3.63) is 70.3 Å². The van der Waals surface area contributed by atoms with E-state index in [1.807, 2.05) is 24.3 Å². The molecule has 1 aliphatic carbocycles. The van der Waals surface area contributed by atoms with Crippen LogP contribution < -0.4 is 5.32 Å². The van der Waals surface area contributed by atoms with Crippen molar-refractivity contribution >= 4 is 17.7 Å². The number of carbonyl (C=O) groups excluding carboxylic acids is 3. The maximum Gasteiger partial charge on any atom is 0.338 e. The van der Waals surface area contributed by atoms with Crippen LogP contribution in [-0.2, 0) is 28.8 Å². The van der Waals surface area contributed by atoms with Gasteiger partial charge in [-0.1, -0.05) is 30.3 Å². The molecule has 1 amide bonds. The molecule has 1 N–H and O–H groups in total. The third kappa shape index (κ3) is 5.03. The van der Waals surface area contributed by atoms with Gasteiger partial charge in [-0.05, 0) is 54.5 Å². The minimum Gasteiger partial charge on any atom is -0.454 e. The van der Waals surface area contributed by atoms with E-state index in [2.05, 4.69) is 5.32 Å². The zero-order valence-corrected chi connectivity index (χ0v) is 15.4. The zero-order valence-electron chi connectivity index (χ0n) is 15.4. The van der Waals surface area contributed by atoms with Crippen molar-refractivity contribution in [3.63, 3.8) is 0 Å². The monoisotopic (exact) mass is 365 g/mol. The first-order valence-corrected chi connectivity index (χ1v) is 9.18. The standard InChI is InChI=1S/C22H23NO4/c1-15(24)23-12-11-16-5-7-18(8-6-16)21(25)14-27-22(26)20-10-9-17-3-2-4-19(17)13-20/h5-10,13H,2-4,11-12,14H2,1H3,(H,23,24). The summed E-state index contributed by atoms with van der Waals surface area (Å²) in [6, 6.07) is 12.7. The number of rotatable bonds is 7. The number of ketones is 1. The van der Waals surface area contributed by atoms with Gasteiger partial charge in [0.05, 0.1) is 5.56 Å². The van der Waals surface area contributed by atoms with Gasteiger partial charge in [-0.2, -0.15) is 0 Å². The fourth-order valence-electron chi connectivity index (χ4n) is 3.24. The first-order chi connectivity index (χ1) is 13.0. The molecule has 0 aliphatic heterocycles. The Kier molecular flexibility index (Phi) is 6.01. The molecule has 0 radical (unpaired) electrons. The van der Waals surface area contributed by atoms with Crippen molar-refractivity contribution in [1.29, 1.82) is 0 Å². The van der Waals surface area contributed by atoms with Crippen molar-refractivity contribution in [2.24, 2.45) is 0 Å². The van der Waals surface area contributed by atoms with Crippen LogP contribution >= 0.6 is 0 Å². The topological polar surface area (TPSA) is 72.5 Å². The van der Waals surface area contributed by atoms with Gasteiger partial charge in [-0.15, -0.1) is 0 Å². The molecule has 2 aromatic carbocycles. The van der Waals surface area contributed by atoms with E-state index in [9.17, 15) is 14.4 Å². The van der Waals surface area contributed by atoms with Crippen LogP contribution in [0.5, 0.6) is 0 Å². The Morgan fingerprint density at radius 1 is 0.963 bits per heavy atom. The highest BCUT2D eigenvalue weighted by Gasteiger charge is 2.16. The third-order valence-electron chi connectivity index (χ3n) is 4.73. The number of hydrogen-bond acceptors (Lipinski definition) is 4. The molecule has 0 atom stereocenters. The summed E-state index contributed by atoms with van der Waals surface area (Å²) in [5, 5.41) is 2.73. The van der Waals surface area contributed by atoms with Gasteiger partial charge in [0.2, 0.25) is 5.91 Å². The van der Waals surface area contributed by atoms with Gasteiger partial charge in [0, 0.05) is 19.0 Å². The highest BCUT2D eigenvalue weighted by Crippen LogP contribution is 2.23. The summed E-state index contributed by atoms with van der Waals surface area (Å²) in [7, 11) is 0. The number of ether oxygens (including phenoxy) is 1. The van der Waals surface area contributed by atoms with Crippen LogP contribution in [0.15, 0.2) is 42.5 Å². The lowest BCUT2D eigenvalue weighted by Crippen LogP contribution is -2.22. The van der Waals surface area contributed by atoms with E-state index in [1.165, 1.54) is 18.1 Å². The van der Waals surface area contributed by atoms with Crippen molar-refractivity contribution in [3.8, 4) is 0 Å². The van der Waals surface area contributed by atoms with Gasteiger partial charge in [0.25, 0.3) is 0 Å². The van der Waals surface area contributed by atoms with Crippen molar-refractivity contribution in [2.75, 3.05) is 13.2 Å². The van der Waals surface area contributed by atoms with E-state index in [1.54, 1.807) is 18.2 Å². The van der Waals surface area contributed by atoms with E-state index in [-0.39, 0.29) is 18.3 Å². The molecule has 27 heavy (non-hydrogen) atoms. The van der Waals surface area contributed by atoms with Crippen molar-refractivity contribution in [2.45, 2.75) is 32.6 Å². The molecule has 0 saturated heterocycles. The normalized spacial score (nSPS) is 12.3. The quantitative estimate of drug-likeness (QED) is 0.605. The number of fused-ring (bicyclic) bond motifs is 1. The van der Waals surface area contributed by atoms with Gasteiger partial charge >= 0.3 is 5.97 Å². The van der Waals surface area contributed by atoms with Gasteiger partial charge in [-0.3, -0.25) is 9.59 Å². The number of amides is 1. The maximum atomic E-state index is 12.2. The SMILES string of the molecule is CC(=O)NCCc1ccc(C(=O)COC(=O)c2ccc3c(c2)CCC3)cc1. The van der Waals surface area contributed by atoms with Crippen molar-refractivity contribution in [1.82, 2.24) is 5.32 Å². The average molecular weight is 365 g/mol. The van der Waals surface area contributed by atoms with Crippen LogP contribution in [0.25, 0.3) is 0 Å². The average Bonchev–Trinajstić information content (AvgIpc) is 3.14. The Hall–Kier alpha value is -2.95. The van der Waals surface area contributed by atoms with Gasteiger partial charge < -0.3 is 10.1 Å². The van der Waals surface area contributed by atoms with Gasteiger partial charge in [-0.25, -0.2) is 4.79 Å². The second-order valence-corrected chi connectivity index (χ2v) is 6.77. The molecule has 0 spiro atoms. The second-order valence-electron chi connectivity index (χ2n) is 6.77. The fourth-order valence-corrected chi connectivity index (χ4v) is 3.24. The first-order valence-electron chi connectivity index (χ1n) is 9.18. The number of aryl methyl sites for hydroxylation is 2. The van der Waals surface area contributed by atoms with Crippen molar-refractivity contribution < 1.29 is 19.1 Å². The molecule has 5 nitrogen and oxygen atoms in total. The molecule has 140 valence electrons. The fraction of sp³-hybridized carbons (Fsp3) is 0.318. The number of esters is 1. The molecular formula is C22H23NO4. The summed E-state index contributed by atoms with van der Waals surface area (Å²) in [5.41, 5.74) is 4.51. The molecule has 3 rings (SSSR count). The number of nitrogens with one attached hydrogen (secondary N) is 1. The molecule has 0 bridgehead atoms. The Bertz CT molecular complexity index is 855. The van der Waals surface area contributed by atoms with E-state index < -0.39 is 5.97 Å². The lowest BCUT2D eigenvalue weighted by molar-refractivity contribution is -0.118. The summed E-state index contributed by atoms with van der Waals surface area (Å²) < 4.78 is 5.19. The first kappa shape index (κ1) is 18.8. The maximum absolute atomic E-state index is 12.2. The van der Waals surface area contributed by atoms with Crippen LogP contribution in [-0.4, -0.2) is 30.8 Å². The Balaban J connectivity index is 1.51. The Morgan fingerprint density at radius 3 is 2.41 bits per heavy atom. The van der Waals surface area contributed by atoms with Crippen LogP contribution in [0.1, 0.15) is 50.8 Å². The summed E-state index contributed by atoms with van der Waals surface area (Å²) in [6.45, 7) is 1.76. The van der Waals surface area contributed by atoms with E-state index in [4.69, 9.17) is 4.74 Å². The highest BCUT2D eigenvalue weighted by atomic mass is 16.5. The molecule has 0 saturated carbocycles. The van der Waals surface area contributed by atoms with E-state index in [0.29, 0.717) is 24.1 Å². The van der Waals surface area contributed by atoms with Gasteiger partial charge in [0.1, 0.15) is 0 Å². The van der Waals surface area contributed by atoms with E-state index in [0.717, 1.165) is 24.8 Å².